The standard InChI is InChI=1S/C20H32N3S.C2H6/c1-4-7-16-14-23(15-20(16,2)3)12-10-22(11-13-23)19-17-8-5-6-9-18(17)24-21-19;1-2/h5,8,16H,4,6-7,9-15H2,1-3H3;1-2H3/q+1;. The van der Waals surface area contributed by atoms with E-state index in [-0.39, 0.29) is 0 Å². The summed E-state index contributed by atoms with van der Waals surface area (Å²) >= 11 is 1.73. The minimum absolute atomic E-state index is 0.515. The number of piperazine rings is 1. The maximum absolute atomic E-state index is 4.82. The monoisotopic (exact) mass is 376 g/mol. The lowest BCUT2D eigenvalue weighted by atomic mass is 9.80. The van der Waals surface area contributed by atoms with Crippen LogP contribution in [0, 0.1) is 11.3 Å². The van der Waals surface area contributed by atoms with E-state index in [9.17, 15) is 0 Å². The normalized spacial score (nSPS) is 25.7. The molecule has 26 heavy (non-hydrogen) atoms. The van der Waals surface area contributed by atoms with E-state index in [1.54, 1.807) is 11.5 Å². The molecule has 1 aromatic heterocycles. The molecule has 2 aliphatic heterocycles. The van der Waals surface area contributed by atoms with Crippen molar-refractivity contribution >= 4 is 23.4 Å². The van der Waals surface area contributed by atoms with Gasteiger partial charge in [0.2, 0.25) is 0 Å². The largest absolute Gasteiger partial charge is 0.344 e. The van der Waals surface area contributed by atoms with Gasteiger partial charge in [0.05, 0.1) is 39.3 Å². The summed E-state index contributed by atoms with van der Waals surface area (Å²) in [6.07, 6.45) is 9.73. The molecule has 4 heteroatoms. The van der Waals surface area contributed by atoms with Crippen LogP contribution in [0.1, 0.15) is 64.3 Å². The highest BCUT2D eigenvalue weighted by Crippen LogP contribution is 2.43. The number of fused-ring (bicyclic) bond motifs is 1. The van der Waals surface area contributed by atoms with Crippen LogP contribution in [0.5, 0.6) is 0 Å². The molecule has 0 amide bonds. The molecule has 0 saturated carbocycles. The predicted octanol–water partition coefficient (Wildman–Crippen LogP) is 5.22. The van der Waals surface area contributed by atoms with E-state index in [2.05, 4.69) is 37.8 Å². The van der Waals surface area contributed by atoms with E-state index < -0.39 is 0 Å². The van der Waals surface area contributed by atoms with Crippen LogP contribution in [0.15, 0.2) is 6.08 Å². The van der Waals surface area contributed by atoms with Crippen LogP contribution in [0.2, 0.25) is 0 Å². The highest BCUT2D eigenvalue weighted by molar-refractivity contribution is 7.06. The summed E-state index contributed by atoms with van der Waals surface area (Å²) in [7, 11) is 0. The molecule has 3 heterocycles. The maximum atomic E-state index is 4.82. The lowest BCUT2D eigenvalue weighted by Crippen LogP contribution is -2.59. The molecule has 0 aromatic carbocycles. The fourth-order valence-corrected chi connectivity index (χ4v) is 6.24. The Morgan fingerprint density at radius 1 is 1.27 bits per heavy atom. The maximum Gasteiger partial charge on any atom is 0.150 e. The lowest BCUT2D eigenvalue weighted by Gasteiger charge is -2.43. The summed E-state index contributed by atoms with van der Waals surface area (Å²) in [6.45, 7) is 19.1. The fraction of sp³-hybridized carbons (Fsp3) is 0.773. The molecular formula is C22H38N3S+. The minimum atomic E-state index is 0.515. The number of rotatable bonds is 3. The van der Waals surface area contributed by atoms with Gasteiger partial charge in [0, 0.05) is 21.8 Å². The van der Waals surface area contributed by atoms with Crippen molar-refractivity contribution in [3.05, 3.63) is 16.5 Å². The van der Waals surface area contributed by atoms with Gasteiger partial charge in [-0.25, -0.2) is 0 Å². The molecule has 1 spiro atoms. The smallest absolute Gasteiger partial charge is 0.150 e. The number of allylic oxidation sites excluding steroid dienone is 1. The lowest BCUT2D eigenvalue weighted by molar-refractivity contribution is -0.921. The van der Waals surface area contributed by atoms with Crippen molar-refractivity contribution in [2.24, 2.45) is 11.3 Å². The summed E-state index contributed by atoms with van der Waals surface area (Å²) in [5, 5.41) is 0. The van der Waals surface area contributed by atoms with Gasteiger partial charge in [0.1, 0.15) is 5.82 Å². The van der Waals surface area contributed by atoms with Crippen molar-refractivity contribution in [1.29, 1.82) is 0 Å². The molecule has 146 valence electrons. The van der Waals surface area contributed by atoms with Gasteiger partial charge < -0.3 is 9.38 Å². The number of aryl methyl sites for hydroxylation is 1. The molecule has 2 saturated heterocycles. The van der Waals surface area contributed by atoms with E-state index in [0.717, 1.165) is 5.92 Å². The molecule has 1 unspecified atom stereocenters. The van der Waals surface area contributed by atoms with Gasteiger partial charge in [0.25, 0.3) is 0 Å². The first-order chi connectivity index (χ1) is 12.5. The van der Waals surface area contributed by atoms with Crippen LogP contribution in [0.4, 0.5) is 5.82 Å². The first-order valence-electron chi connectivity index (χ1n) is 10.8. The molecule has 0 N–H and O–H groups in total. The molecule has 0 bridgehead atoms. The van der Waals surface area contributed by atoms with Crippen LogP contribution in [-0.2, 0) is 6.42 Å². The average Bonchev–Trinajstić information content (AvgIpc) is 3.17. The van der Waals surface area contributed by atoms with Gasteiger partial charge in [0.15, 0.2) is 0 Å². The van der Waals surface area contributed by atoms with Gasteiger partial charge >= 0.3 is 0 Å². The van der Waals surface area contributed by atoms with E-state index in [4.69, 9.17) is 4.37 Å². The summed E-state index contributed by atoms with van der Waals surface area (Å²) in [6, 6.07) is 0. The highest BCUT2D eigenvalue weighted by atomic mass is 32.1. The third kappa shape index (κ3) is 3.73. The summed E-state index contributed by atoms with van der Waals surface area (Å²) < 4.78 is 6.18. The minimum Gasteiger partial charge on any atom is -0.344 e. The topological polar surface area (TPSA) is 16.1 Å². The molecular weight excluding hydrogens is 338 g/mol. The zero-order valence-corrected chi connectivity index (χ0v) is 18.4. The van der Waals surface area contributed by atoms with Crippen LogP contribution in [-0.4, -0.2) is 48.1 Å². The third-order valence-corrected chi connectivity index (χ3v) is 7.60. The van der Waals surface area contributed by atoms with Gasteiger partial charge in [-0.05, 0) is 30.8 Å². The molecule has 1 atom stereocenters. The Kier molecular flexibility index (Phi) is 6.13. The van der Waals surface area contributed by atoms with E-state index in [1.807, 2.05) is 13.8 Å². The van der Waals surface area contributed by atoms with E-state index >= 15 is 0 Å². The molecule has 3 aliphatic rings. The predicted molar refractivity (Wildman–Crippen MR) is 115 cm³/mol. The van der Waals surface area contributed by atoms with E-state index in [0.29, 0.717) is 5.41 Å². The van der Waals surface area contributed by atoms with Crippen LogP contribution < -0.4 is 4.90 Å². The number of hydrogen-bond acceptors (Lipinski definition) is 3. The Morgan fingerprint density at radius 3 is 2.69 bits per heavy atom. The number of anilines is 1. The Hall–Kier alpha value is -0.870. The highest BCUT2D eigenvalue weighted by Gasteiger charge is 2.50. The van der Waals surface area contributed by atoms with Crippen LogP contribution in [0.3, 0.4) is 0 Å². The molecule has 2 fully saturated rings. The first-order valence-corrected chi connectivity index (χ1v) is 11.6. The van der Waals surface area contributed by atoms with E-state index in [1.165, 1.54) is 85.7 Å². The average molecular weight is 377 g/mol. The first kappa shape index (κ1) is 19.9. The van der Waals surface area contributed by atoms with Crippen molar-refractivity contribution in [2.45, 2.75) is 60.3 Å². The van der Waals surface area contributed by atoms with Crippen LogP contribution in [0.25, 0.3) is 6.08 Å². The number of hydrogen-bond donors (Lipinski definition) is 0. The summed E-state index contributed by atoms with van der Waals surface area (Å²) in [4.78, 5) is 4.06. The molecule has 1 aromatic rings. The second-order valence-corrected chi connectivity index (χ2v) is 9.73. The fourth-order valence-electron chi connectivity index (χ4n) is 5.36. The van der Waals surface area contributed by atoms with Gasteiger partial charge in [-0.2, -0.15) is 4.37 Å². The summed E-state index contributed by atoms with van der Waals surface area (Å²) in [5.74, 6) is 2.18. The Morgan fingerprint density at radius 2 is 2.00 bits per heavy atom. The second kappa shape index (κ2) is 8.02. The van der Waals surface area contributed by atoms with Crippen molar-refractivity contribution in [1.82, 2.24) is 4.37 Å². The Balaban J connectivity index is 0.000000948. The van der Waals surface area contributed by atoms with Gasteiger partial charge in [-0.1, -0.05) is 53.2 Å². The molecule has 1 aliphatic carbocycles. The zero-order chi connectivity index (χ0) is 18.8. The van der Waals surface area contributed by atoms with Crippen molar-refractivity contribution in [2.75, 3.05) is 44.2 Å². The number of quaternary nitrogens is 1. The summed E-state index contributed by atoms with van der Waals surface area (Å²) in [5.41, 5.74) is 1.94. The molecule has 3 nitrogen and oxygen atoms in total. The quantitative estimate of drug-likeness (QED) is 0.672. The Bertz CT molecular complexity index is 623. The SMILES string of the molecule is CC.CCCC1C[N+]2(CCN(c3nsc4c3C=CCC4)CC2)CC1(C)C. The Labute approximate surface area is 164 Å². The van der Waals surface area contributed by atoms with Crippen LogP contribution >= 0.6 is 11.5 Å². The number of nitrogens with zero attached hydrogens (tertiary/aromatic N) is 3. The van der Waals surface area contributed by atoms with Gasteiger partial charge in [-0.3, -0.25) is 0 Å². The third-order valence-electron chi connectivity index (χ3n) is 6.69. The van der Waals surface area contributed by atoms with Crippen molar-refractivity contribution in [3.8, 4) is 0 Å². The number of aromatic nitrogens is 1. The zero-order valence-electron chi connectivity index (χ0n) is 17.6. The second-order valence-electron chi connectivity index (χ2n) is 8.87. The van der Waals surface area contributed by atoms with Crippen molar-refractivity contribution < 1.29 is 4.48 Å². The van der Waals surface area contributed by atoms with Crippen molar-refractivity contribution in [3.63, 3.8) is 0 Å². The van der Waals surface area contributed by atoms with Gasteiger partial charge in [-0.15, -0.1) is 0 Å². The molecule has 0 radical (unpaired) electrons. The molecule has 4 rings (SSSR count).